The summed E-state index contributed by atoms with van der Waals surface area (Å²) < 4.78 is 33.5. The largest absolute Gasteiger partial charge is 0.497 e. The minimum atomic E-state index is -0.978. The number of hydrogen-bond acceptors (Lipinski definition) is 2. The van der Waals surface area contributed by atoms with Crippen molar-refractivity contribution in [3.05, 3.63) is 62.6 Å². The van der Waals surface area contributed by atoms with E-state index in [0.717, 1.165) is 12.1 Å². The number of ether oxygens (including phenoxy) is 1. The highest BCUT2D eigenvalue weighted by Gasteiger charge is 2.21. The zero-order chi connectivity index (χ0) is 14.9. The van der Waals surface area contributed by atoms with Crippen molar-refractivity contribution in [1.29, 1.82) is 0 Å². The fourth-order valence-corrected chi connectivity index (χ4v) is 2.56. The maximum atomic E-state index is 14.0. The lowest BCUT2D eigenvalue weighted by Crippen LogP contribution is -2.16. The Labute approximate surface area is 128 Å². The van der Waals surface area contributed by atoms with Crippen molar-refractivity contribution >= 4 is 27.5 Å². The molecule has 0 aromatic heterocycles. The summed E-state index contributed by atoms with van der Waals surface area (Å²) in [6.07, 6.45) is 0. The first-order valence-electron chi connectivity index (χ1n) is 5.67. The number of halogens is 4. The number of nitrogens with two attached hydrogens (primary N) is 1. The van der Waals surface area contributed by atoms with E-state index in [4.69, 9.17) is 22.1 Å². The van der Waals surface area contributed by atoms with Gasteiger partial charge in [-0.25, -0.2) is 8.78 Å². The van der Waals surface area contributed by atoms with Gasteiger partial charge in [0, 0.05) is 27.2 Å². The molecule has 2 nitrogen and oxygen atoms in total. The standard InChI is InChI=1S/C14H11BrClF2NO/c1-20-8-5-11(17)13(12(18)6-8)14(19)9-4-7(16)2-3-10(9)15/h2-6,14H,19H2,1H3. The summed E-state index contributed by atoms with van der Waals surface area (Å²) in [7, 11) is 1.33. The van der Waals surface area contributed by atoms with Gasteiger partial charge in [-0.05, 0) is 23.8 Å². The third-order valence-electron chi connectivity index (χ3n) is 2.89. The van der Waals surface area contributed by atoms with Crippen molar-refractivity contribution in [3.63, 3.8) is 0 Å². The molecule has 0 aliphatic heterocycles. The number of benzene rings is 2. The molecule has 106 valence electrons. The van der Waals surface area contributed by atoms with Gasteiger partial charge in [0.25, 0.3) is 0 Å². The molecule has 0 heterocycles. The minimum Gasteiger partial charge on any atom is -0.497 e. The predicted octanol–water partition coefficient (Wildman–Crippen LogP) is 4.44. The summed E-state index contributed by atoms with van der Waals surface area (Å²) in [5.74, 6) is -1.43. The molecular formula is C14H11BrClF2NO. The topological polar surface area (TPSA) is 35.2 Å². The lowest BCUT2D eigenvalue weighted by atomic mass is 9.98. The van der Waals surface area contributed by atoms with E-state index >= 15 is 0 Å². The predicted molar refractivity (Wildman–Crippen MR) is 78.1 cm³/mol. The van der Waals surface area contributed by atoms with Crippen molar-refractivity contribution in [2.45, 2.75) is 6.04 Å². The van der Waals surface area contributed by atoms with E-state index in [0.29, 0.717) is 15.1 Å². The molecule has 1 atom stereocenters. The fraction of sp³-hybridized carbons (Fsp3) is 0.143. The lowest BCUT2D eigenvalue weighted by Gasteiger charge is -2.17. The molecule has 20 heavy (non-hydrogen) atoms. The van der Waals surface area contributed by atoms with E-state index in [2.05, 4.69) is 15.9 Å². The van der Waals surface area contributed by atoms with Crippen LogP contribution in [0, 0.1) is 11.6 Å². The maximum absolute atomic E-state index is 14.0. The molecule has 0 aliphatic rings. The Balaban J connectivity index is 2.53. The van der Waals surface area contributed by atoms with Gasteiger partial charge in [0.1, 0.15) is 17.4 Å². The summed E-state index contributed by atoms with van der Waals surface area (Å²) >= 11 is 9.19. The molecular weight excluding hydrogens is 352 g/mol. The van der Waals surface area contributed by atoms with Gasteiger partial charge in [-0.2, -0.15) is 0 Å². The summed E-state index contributed by atoms with van der Waals surface area (Å²) in [4.78, 5) is 0. The normalized spacial score (nSPS) is 12.3. The Morgan fingerprint density at radius 3 is 2.35 bits per heavy atom. The van der Waals surface area contributed by atoms with E-state index in [-0.39, 0.29) is 11.3 Å². The highest BCUT2D eigenvalue weighted by atomic mass is 79.9. The van der Waals surface area contributed by atoms with Gasteiger partial charge in [0.05, 0.1) is 13.2 Å². The molecule has 0 fully saturated rings. The van der Waals surface area contributed by atoms with Gasteiger partial charge >= 0.3 is 0 Å². The molecule has 0 spiro atoms. The smallest absolute Gasteiger partial charge is 0.134 e. The van der Waals surface area contributed by atoms with Crippen molar-refractivity contribution < 1.29 is 13.5 Å². The van der Waals surface area contributed by atoms with E-state index < -0.39 is 17.7 Å². The second-order valence-electron chi connectivity index (χ2n) is 4.15. The zero-order valence-electron chi connectivity index (χ0n) is 10.5. The molecule has 0 radical (unpaired) electrons. The quantitative estimate of drug-likeness (QED) is 0.876. The van der Waals surface area contributed by atoms with Crippen molar-refractivity contribution in [2.75, 3.05) is 7.11 Å². The molecule has 2 N–H and O–H groups in total. The zero-order valence-corrected chi connectivity index (χ0v) is 12.8. The second kappa shape index (κ2) is 6.08. The van der Waals surface area contributed by atoms with Gasteiger partial charge < -0.3 is 10.5 Å². The Hall–Kier alpha value is -1.17. The van der Waals surface area contributed by atoms with Crippen LogP contribution in [0.5, 0.6) is 5.75 Å². The number of hydrogen-bond donors (Lipinski definition) is 1. The van der Waals surface area contributed by atoms with Crippen LogP contribution in [0.15, 0.2) is 34.8 Å². The molecule has 0 aliphatic carbocycles. The van der Waals surface area contributed by atoms with Crippen LogP contribution in [0.2, 0.25) is 5.02 Å². The van der Waals surface area contributed by atoms with E-state index in [1.54, 1.807) is 18.2 Å². The highest BCUT2D eigenvalue weighted by Crippen LogP contribution is 2.33. The van der Waals surface area contributed by atoms with Crippen LogP contribution in [-0.2, 0) is 0 Å². The van der Waals surface area contributed by atoms with Crippen LogP contribution in [0.1, 0.15) is 17.2 Å². The van der Waals surface area contributed by atoms with Crippen LogP contribution < -0.4 is 10.5 Å². The van der Waals surface area contributed by atoms with E-state index in [1.165, 1.54) is 7.11 Å². The van der Waals surface area contributed by atoms with E-state index in [1.807, 2.05) is 0 Å². The average Bonchev–Trinajstić information content (AvgIpc) is 2.40. The van der Waals surface area contributed by atoms with Crippen molar-refractivity contribution in [2.24, 2.45) is 5.73 Å². The Morgan fingerprint density at radius 2 is 1.80 bits per heavy atom. The van der Waals surface area contributed by atoms with Crippen LogP contribution >= 0.6 is 27.5 Å². The van der Waals surface area contributed by atoms with Gasteiger partial charge in [-0.1, -0.05) is 27.5 Å². The molecule has 0 bridgehead atoms. The first-order chi connectivity index (χ1) is 9.43. The fourth-order valence-electron chi connectivity index (χ4n) is 1.88. The minimum absolute atomic E-state index is 0.0982. The van der Waals surface area contributed by atoms with Gasteiger partial charge in [-0.15, -0.1) is 0 Å². The van der Waals surface area contributed by atoms with Gasteiger partial charge in [-0.3, -0.25) is 0 Å². The summed E-state index contributed by atoms with van der Waals surface area (Å²) in [5.41, 5.74) is 6.24. The third kappa shape index (κ3) is 2.95. The summed E-state index contributed by atoms with van der Waals surface area (Å²) in [6.45, 7) is 0. The van der Waals surface area contributed by atoms with Crippen LogP contribution in [0.4, 0.5) is 8.78 Å². The third-order valence-corrected chi connectivity index (χ3v) is 3.85. The molecule has 2 aromatic rings. The Bertz CT molecular complexity index is 628. The lowest BCUT2D eigenvalue weighted by molar-refractivity contribution is 0.404. The molecule has 0 saturated heterocycles. The number of rotatable bonds is 3. The Kier molecular flexibility index (Phi) is 4.62. The van der Waals surface area contributed by atoms with E-state index in [9.17, 15) is 8.78 Å². The summed E-state index contributed by atoms with van der Waals surface area (Å²) in [5, 5.41) is 0.438. The van der Waals surface area contributed by atoms with Gasteiger partial charge in [0.15, 0.2) is 0 Å². The molecule has 0 saturated carbocycles. The SMILES string of the molecule is COc1cc(F)c(C(N)c2cc(Cl)ccc2Br)c(F)c1. The van der Waals surface area contributed by atoms with Crippen LogP contribution in [0.25, 0.3) is 0 Å². The highest BCUT2D eigenvalue weighted by molar-refractivity contribution is 9.10. The molecule has 0 amide bonds. The van der Waals surface area contributed by atoms with Crippen LogP contribution in [0.3, 0.4) is 0 Å². The number of methoxy groups -OCH3 is 1. The van der Waals surface area contributed by atoms with Crippen molar-refractivity contribution in [1.82, 2.24) is 0 Å². The first kappa shape index (κ1) is 15.2. The second-order valence-corrected chi connectivity index (χ2v) is 5.44. The molecule has 2 aromatic carbocycles. The van der Waals surface area contributed by atoms with Crippen LogP contribution in [-0.4, -0.2) is 7.11 Å². The first-order valence-corrected chi connectivity index (χ1v) is 6.84. The summed E-state index contributed by atoms with van der Waals surface area (Å²) in [6, 6.07) is 6.11. The average molecular weight is 363 g/mol. The maximum Gasteiger partial charge on any atom is 0.134 e. The molecule has 2 rings (SSSR count). The van der Waals surface area contributed by atoms with Gasteiger partial charge in [0.2, 0.25) is 0 Å². The molecule has 6 heteroatoms. The van der Waals surface area contributed by atoms with Crippen molar-refractivity contribution in [3.8, 4) is 5.75 Å². The monoisotopic (exact) mass is 361 g/mol. The molecule has 1 unspecified atom stereocenters. The Morgan fingerprint density at radius 1 is 1.20 bits per heavy atom.